The van der Waals surface area contributed by atoms with Gasteiger partial charge >= 0.3 is 0 Å². The Morgan fingerprint density at radius 2 is 1.88 bits per heavy atom. The van der Waals surface area contributed by atoms with Gasteiger partial charge in [0.2, 0.25) is 0 Å². The van der Waals surface area contributed by atoms with Crippen LogP contribution in [0.1, 0.15) is 34.7 Å². The standard InChI is InChI=1S/C26H18ClN3OS/c27-21-10-4-3-9-19(21)24-20-12-11-17-7-1-2-8-18(17)23(20)29-26-30(24)25(31)22(32-26)14-16-6-5-13-28-15-16/h1-10,13-15,24H,11-12H2/b22-14-/t24-/m0/s1. The van der Waals surface area contributed by atoms with Crippen LogP contribution in [0.4, 0.5) is 0 Å². The molecule has 0 spiro atoms. The fourth-order valence-corrected chi connectivity index (χ4v) is 5.85. The molecule has 0 N–H and O–H groups in total. The summed E-state index contributed by atoms with van der Waals surface area (Å²) < 4.78 is 2.46. The van der Waals surface area contributed by atoms with Gasteiger partial charge in [0, 0.05) is 23.0 Å². The maximum atomic E-state index is 13.6. The Balaban J connectivity index is 1.66. The number of rotatable bonds is 2. The van der Waals surface area contributed by atoms with E-state index in [0.717, 1.165) is 40.8 Å². The Morgan fingerprint density at radius 1 is 1.03 bits per heavy atom. The molecule has 6 heteroatoms. The summed E-state index contributed by atoms with van der Waals surface area (Å²) in [7, 11) is 0. The Labute approximate surface area is 193 Å². The second kappa shape index (κ2) is 7.69. The van der Waals surface area contributed by atoms with Crippen LogP contribution in [0.15, 0.2) is 88.4 Å². The molecule has 6 rings (SSSR count). The molecule has 32 heavy (non-hydrogen) atoms. The maximum Gasteiger partial charge on any atom is 0.271 e. The molecule has 0 bridgehead atoms. The number of fused-ring (bicyclic) bond motifs is 3. The number of allylic oxidation sites excluding steroid dienone is 1. The second-order valence-electron chi connectivity index (χ2n) is 7.92. The number of aromatic nitrogens is 2. The monoisotopic (exact) mass is 455 g/mol. The summed E-state index contributed by atoms with van der Waals surface area (Å²) in [5, 5.41) is 0.659. The molecule has 2 aliphatic rings. The first-order valence-electron chi connectivity index (χ1n) is 10.5. The number of halogens is 1. The molecule has 0 saturated carbocycles. The van der Waals surface area contributed by atoms with Crippen LogP contribution >= 0.6 is 22.9 Å². The van der Waals surface area contributed by atoms with Crippen LogP contribution < -0.4 is 14.9 Å². The molecule has 156 valence electrons. The van der Waals surface area contributed by atoms with Gasteiger partial charge in [0.1, 0.15) is 0 Å². The van der Waals surface area contributed by atoms with E-state index in [0.29, 0.717) is 14.4 Å². The number of aryl methyl sites for hydroxylation is 1. The van der Waals surface area contributed by atoms with Crippen molar-refractivity contribution >= 4 is 34.7 Å². The fraction of sp³-hybridized carbons (Fsp3) is 0.115. The first-order valence-corrected chi connectivity index (χ1v) is 11.7. The predicted molar refractivity (Wildman–Crippen MR) is 128 cm³/mol. The third-order valence-electron chi connectivity index (χ3n) is 6.05. The molecule has 1 aliphatic heterocycles. The zero-order valence-electron chi connectivity index (χ0n) is 17.0. The Bertz CT molecular complexity index is 1570. The molecular formula is C26H18ClN3OS. The van der Waals surface area contributed by atoms with E-state index in [4.69, 9.17) is 16.6 Å². The normalized spacial score (nSPS) is 17.4. The van der Waals surface area contributed by atoms with Crippen molar-refractivity contribution in [1.82, 2.24) is 9.55 Å². The third-order valence-corrected chi connectivity index (χ3v) is 7.38. The molecule has 1 atom stereocenters. The molecule has 0 saturated heterocycles. The molecule has 1 aliphatic carbocycles. The highest BCUT2D eigenvalue weighted by molar-refractivity contribution is 7.07. The Morgan fingerprint density at radius 3 is 2.72 bits per heavy atom. The summed E-state index contributed by atoms with van der Waals surface area (Å²) >= 11 is 8.08. The number of pyridine rings is 1. The molecule has 2 aromatic carbocycles. The van der Waals surface area contributed by atoms with E-state index < -0.39 is 0 Å². The van der Waals surface area contributed by atoms with Gasteiger partial charge in [0.15, 0.2) is 4.80 Å². The van der Waals surface area contributed by atoms with Crippen molar-refractivity contribution in [2.45, 2.75) is 18.9 Å². The highest BCUT2D eigenvalue weighted by atomic mass is 35.5. The average molecular weight is 456 g/mol. The zero-order valence-corrected chi connectivity index (χ0v) is 18.6. The fourth-order valence-electron chi connectivity index (χ4n) is 4.61. The topological polar surface area (TPSA) is 47.2 Å². The average Bonchev–Trinajstić information content (AvgIpc) is 3.13. The van der Waals surface area contributed by atoms with Crippen molar-refractivity contribution in [1.29, 1.82) is 0 Å². The van der Waals surface area contributed by atoms with E-state index in [9.17, 15) is 4.79 Å². The summed E-state index contributed by atoms with van der Waals surface area (Å²) in [6, 6.07) is 19.8. The Hall–Kier alpha value is -3.28. The van der Waals surface area contributed by atoms with Gasteiger partial charge in [-0.2, -0.15) is 0 Å². The molecule has 0 amide bonds. The van der Waals surface area contributed by atoms with E-state index in [2.05, 4.69) is 23.2 Å². The quantitative estimate of drug-likeness (QED) is 0.450. The van der Waals surface area contributed by atoms with Gasteiger partial charge in [0.05, 0.1) is 16.3 Å². The minimum absolute atomic E-state index is 0.0482. The van der Waals surface area contributed by atoms with Crippen LogP contribution in [0.25, 0.3) is 11.8 Å². The molecule has 4 aromatic rings. The van der Waals surface area contributed by atoms with Gasteiger partial charge in [-0.3, -0.25) is 14.3 Å². The van der Waals surface area contributed by atoms with Gasteiger partial charge in [-0.15, -0.1) is 0 Å². The SMILES string of the molecule is O=c1/c(=C/c2cccnc2)sc2n1[C@@H](c1ccccc1Cl)C1=C(N=2)c2ccccc2CC1. The van der Waals surface area contributed by atoms with Crippen molar-refractivity contribution in [3.63, 3.8) is 0 Å². The van der Waals surface area contributed by atoms with Crippen LogP contribution in [-0.4, -0.2) is 9.55 Å². The number of hydrogen-bond acceptors (Lipinski definition) is 4. The van der Waals surface area contributed by atoms with Crippen LogP contribution in [0.2, 0.25) is 5.02 Å². The summed E-state index contributed by atoms with van der Waals surface area (Å²) in [5.74, 6) is 0. The third kappa shape index (κ3) is 3.08. The number of benzene rings is 2. The van der Waals surface area contributed by atoms with Gasteiger partial charge in [-0.25, -0.2) is 4.99 Å². The zero-order chi connectivity index (χ0) is 21.7. The van der Waals surface area contributed by atoms with Crippen molar-refractivity contribution in [3.05, 3.63) is 126 Å². The predicted octanol–water partition coefficient (Wildman–Crippen LogP) is 4.37. The minimum Gasteiger partial charge on any atom is -0.272 e. The highest BCUT2D eigenvalue weighted by Gasteiger charge is 2.33. The molecule has 0 fully saturated rings. The lowest BCUT2D eigenvalue weighted by atomic mass is 9.83. The van der Waals surface area contributed by atoms with Gasteiger partial charge in [0.25, 0.3) is 5.56 Å². The molecule has 3 heterocycles. The van der Waals surface area contributed by atoms with Crippen LogP contribution in [0.5, 0.6) is 0 Å². The first-order chi connectivity index (χ1) is 15.7. The smallest absolute Gasteiger partial charge is 0.271 e. The van der Waals surface area contributed by atoms with E-state index >= 15 is 0 Å². The van der Waals surface area contributed by atoms with Gasteiger partial charge in [-0.05, 0) is 53.3 Å². The minimum atomic E-state index is -0.264. The van der Waals surface area contributed by atoms with Crippen molar-refractivity contribution < 1.29 is 0 Å². The van der Waals surface area contributed by atoms with E-state index in [-0.39, 0.29) is 11.6 Å². The molecule has 0 radical (unpaired) electrons. The van der Waals surface area contributed by atoms with Crippen molar-refractivity contribution in [2.75, 3.05) is 0 Å². The molecule has 4 nitrogen and oxygen atoms in total. The first kappa shape index (κ1) is 19.4. The summed E-state index contributed by atoms with van der Waals surface area (Å²) in [4.78, 5) is 23.5. The summed E-state index contributed by atoms with van der Waals surface area (Å²) in [6.45, 7) is 0. The molecule has 2 aromatic heterocycles. The number of hydrogen-bond donors (Lipinski definition) is 0. The lowest BCUT2D eigenvalue weighted by molar-refractivity contribution is 0.585. The highest BCUT2D eigenvalue weighted by Crippen LogP contribution is 2.42. The summed E-state index contributed by atoms with van der Waals surface area (Å²) in [5.41, 5.74) is 6.35. The van der Waals surface area contributed by atoms with Crippen molar-refractivity contribution in [2.24, 2.45) is 4.99 Å². The van der Waals surface area contributed by atoms with Gasteiger partial charge < -0.3 is 0 Å². The van der Waals surface area contributed by atoms with E-state index in [1.807, 2.05) is 53.1 Å². The lowest BCUT2D eigenvalue weighted by Crippen LogP contribution is -2.38. The van der Waals surface area contributed by atoms with E-state index in [1.165, 1.54) is 16.9 Å². The maximum absolute atomic E-state index is 13.6. The van der Waals surface area contributed by atoms with E-state index in [1.54, 1.807) is 12.4 Å². The Kier molecular flexibility index (Phi) is 4.67. The van der Waals surface area contributed by atoms with Crippen LogP contribution in [-0.2, 0) is 6.42 Å². The lowest BCUT2D eigenvalue weighted by Gasteiger charge is -2.31. The van der Waals surface area contributed by atoms with Crippen LogP contribution in [0, 0.1) is 0 Å². The molecular weight excluding hydrogens is 438 g/mol. The number of nitrogens with zero attached hydrogens (tertiary/aromatic N) is 3. The van der Waals surface area contributed by atoms with Crippen molar-refractivity contribution in [3.8, 4) is 0 Å². The van der Waals surface area contributed by atoms with Gasteiger partial charge in [-0.1, -0.05) is 71.5 Å². The summed E-state index contributed by atoms with van der Waals surface area (Å²) in [6.07, 6.45) is 7.13. The second-order valence-corrected chi connectivity index (χ2v) is 9.34. The largest absolute Gasteiger partial charge is 0.272 e. The number of thiazole rings is 1. The van der Waals surface area contributed by atoms with Crippen LogP contribution in [0.3, 0.4) is 0 Å². The molecule has 0 unspecified atom stereocenters.